The molecule has 7 nitrogen and oxygen atoms in total. The van der Waals surface area contributed by atoms with Crippen molar-refractivity contribution >= 4 is 39.2 Å². The van der Waals surface area contributed by atoms with Gasteiger partial charge in [0.2, 0.25) is 16.1 Å². The lowest BCUT2D eigenvalue weighted by Crippen LogP contribution is -2.33. The molecule has 0 bridgehead atoms. The van der Waals surface area contributed by atoms with Crippen LogP contribution in [0.15, 0.2) is 77.7 Å². The Labute approximate surface area is 197 Å². The van der Waals surface area contributed by atoms with E-state index in [0.29, 0.717) is 16.3 Å². The summed E-state index contributed by atoms with van der Waals surface area (Å²) in [6, 6.07) is 19.6. The zero-order valence-electron chi connectivity index (χ0n) is 18.0. The van der Waals surface area contributed by atoms with Gasteiger partial charge in [0, 0.05) is 16.3 Å². The number of amides is 1. The summed E-state index contributed by atoms with van der Waals surface area (Å²) in [4.78, 5) is 25.4. The normalized spacial score (nSPS) is 12.1. The molecule has 0 aliphatic rings. The van der Waals surface area contributed by atoms with Crippen molar-refractivity contribution in [3.8, 4) is 0 Å². The lowest BCUT2D eigenvalue weighted by atomic mass is 10.1. The Kier molecular flexibility index (Phi) is 7.86. The van der Waals surface area contributed by atoms with E-state index in [1.165, 1.54) is 12.1 Å². The monoisotopic (exact) mass is 486 g/mol. The van der Waals surface area contributed by atoms with Gasteiger partial charge in [0.05, 0.1) is 4.90 Å². The number of carbonyl (C=O) groups is 2. The molecule has 2 N–H and O–H groups in total. The third-order valence-electron chi connectivity index (χ3n) is 4.77. The maximum absolute atomic E-state index is 12.9. The summed E-state index contributed by atoms with van der Waals surface area (Å²) in [5.74, 6) is -1.51. The van der Waals surface area contributed by atoms with Crippen LogP contribution in [0.5, 0.6) is 0 Å². The molecule has 172 valence electrons. The lowest BCUT2D eigenvalue weighted by Gasteiger charge is -2.18. The van der Waals surface area contributed by atoms with Crippen LogP contribution in [-0.4, -0.2) is 26.8 Å². The number of ether oxygens (including phenoxy) is 1. The number of esters is 1. The molecule has 3 rings (SSSR count). The number of hydrogen-bond acceptors (Lipinski definition) is 5. The number of nitrogens with one attached hydrogen (secondary N) is 2. The maximum atomic E-state index is 12.9. The fraction of sp³-hybridized carbons (Fsp3) is 0.167. The van der Waals surface area contributed by atoms with E-state index in [1.807, 2.05) is 13.8 Å². The molecule has 0 saturated heterocycles. The van der Waals surface area contributed by atoms with E-state index in [-0.39, 0.29) is 4.90 Å². The number of carbonyl (C=O) groups excluding carboxylic acids is 2. The highest BCUT2D eigenvalue weighted by molar-refractivity contribution is 7.89. The third-order valence-corrected chi connectivity index (χ3v) is 6.59. The summed E-state index contributed by atoms with van der Waals surface area (Å²) in [5.41, 5.74) is 2.62. The number of rotatable bonds is 8. The van der Waals surface area contributed by atoms with Crippen molar-refractivity contribution in [2.24, 2.45) is 0 Å². The molecule has 1 amide bonds. The average molecular weight is 487 g/mol. The Bertz CT molecular complexity index is 1250. The van der Waals surface area contributed by atoms with Crippen molar-refractivity contribution in [3.63, 3.8) is 0 Å². The van der Waals surface area contributed by atoms with Gasteiger partial charge >= 0.3 is 5.97 Å². The van der Waals surface area contributed by atoms with Crippen molar-refractivity contribution in [2.75, 3.05) is 11.9 Å². The largest absolute Gasteiger partial charge is 0.446 e. The van der Waals surface area contributed by atoms with Crippen LogP contribution in [0.2, 0.25) is 5.02 Å². The van der Waals surface area contributed by atoms with E-state index >= 15 is 0 Å². The summed E-state index contributed by atoms with van der Waals surface area (Å²) in [7, 11) is -3.92. The summed E-state index contributed by atoms with van der Waals surface area (Å²) in [6.07, 6.45) is -1.29. The first-order valence-corrected chi connectivity index (χ1v) is 11.9. The predicted octanol–water partition coefficient (Wildman–Crippen LogP) is 4.16. The van der Waals surface area contributed by atoms with Gasteiger partial charge in [0.15, 0.2) is 0 Å². The molecule has 33 heavy (non-hydrogen) atoms. The minimum absolute atomic E-state index is 0.0227. The number of benzene rings is 3. The van der Waals surface area contributed by atoms with Crippen molar-refractivity contribution in [1.82, 2.24) is 4.72 Å². The minimum atomic E-state index is -3.92. The third kappa shape index (κ3) is 6.64. The molecule has 3 aromatic rings. The van der Waals surface area contributed by atoms with E-state index in [1.54, 1.807) is 60.7 Å². The van der Waals surface area contributed by atoms with Crippen LogP contribution < -0.4 is 10.0 Å². The number of aryl methyl sites for hydroxylation is 2. The second-order valence-electron chi connectivity index (χ2n) is 7.37. The van der Waals surface area contributed by atoms with Crippen LogP contribution in [-0.2, 0) is 24.3 Å². The lowest BCUT2D eigenvalue weighted by molar-refractivity contribution is -0.153. The fourth-order valence-electron chi connectivity index (χ4n) is 2.91. The highest BCUT2D eigenvalue weighted by atomic mass is 35.5. The number of anilines is 1. The molecular weight excluding hydrogens is 464 g/mol. The van der Waals surface area contributed by atoms with Gasteiger partial charge in [0.25, 0.3) is 5.91 Å². The quantitative estimate of drug-likeness (QED) is 0.465. The highest BCUT2D eigenvalue weighted by Crippen LogP contribution is 2.23. The SMILES string of the molecule is Cc1ccc(S(=O)(=O)NCC(=O)O[C@@H](C(=O)Nc2ccc(C)c(Cl)c2)c2ccccc2)cc1. The molecule has 0 fully saturated rings. The summed E-state index contributed by atoms with van der Waals surface area (Å²) >= 11 is 6.12. The molecule has 1 atom stereocenters. The van der Waals surface area contributed by atoms with Gasteiger partial charge in [-0.05, 0) is 43.7 Å². The zero-order chi connectivity index (χ0) is 24.0. The van der Waals surface area contributed by atoms with Gasteiger partial charge in [-0.2, -0.15) is 4.72 Å². The summed E-state index contributed by atoms with van der Waals surface area (Å²) in [6.45, 7) is 3.03. The van der Waals surface area contributed by atoms with Gasteiger partial charge in [-0.15, -0.1) is 0 Å². The van der Waals surface area contributed by atoms with Crippen LogP contribution in [0.4, 0.5) is 5.69 Å². The van der Waals surface area contributed by atoms with E-state index in [9.17, 15) is 18.0 Å². The molecule has 0 spiro atoms. The first-order chi connectivity index (χ1) is 15.7. The van der Waals surface area contributed by atoms with E-state index in [4.69, 9.17) is 16.3 Å². The first-order valence-electron chi connectivity index (χ1n) is 10.0. The maximum Gasteiger partial charge on any atom is 0.322 e. The molecule has 9 heteroatoms. The van der Waals surface area contributed by atoms with Crippen LogP contribution in [0.25, 0.3) is 0 Å². The van der Waals surface area contributed by atoms with Gasteiger partial charge in [-0.3, -0.25) is 9.59 Å². The van der Waals surface area contributed by atoms with Gasteiger partial charge in [-0.1, -0.05) is 65.7 Å². The molecule has 0 radical (unpaired) electrons. The van der Waals surface area contributed by atoms with Crippen LogP contribution in [0, 0.1) is 13.8 Å². The van der Waals surface area contributed by atoms with E-state index in [0.717, 1.165) is 11.1 Å². The van der Waals surface area contributed by atoms with Gasteiger partial charge in [0.1, 0.15) is 6.54 Å². The smallest absolute Gasteiger partial charge is 0.322 e. The van der Waals surface area contributed by atoms with Gasteiger partial charge < -0.3 is 10.1 Å². The number of halogens is 1. The van der Waals surface area contributed by atoms with Gasteiger partial charge in [-0.25, -0.2) is 8.42 Å². The Hall–Kier alpha value is -3.20. The molecule has 0 heterocycles. The summed E-state index contributed by atoms with van der Waals surface area (Å²) < 4.78 is 32.4. The van der Waals surface area contributed by atoms with Crippen LogP contribution in [0.3, 0.4) is 0 Å². The molecule has 0 saturated carbocycles. The topological polar surface area (TPSA) is 102 Å². The van der Waals surface area contributed by atoms with Crippen LogP contribution in [0.1, 0.15) is 22.8 Å². The fourth-order valence-corrected chi connectivity index (χ4v) is 4.06. The Morgan fingerprint density at radius 3 is 2.27 bits per heavy atom. The second-order valence-corrected chi connectivity index (χ2v) is 9.55. The first kappa shape index (κ1) is 24.4. The second kappa shape index (κ2) is 10.6. The highest BCUT2D eigenvalue weighted by Gasteiger charge is 2.26. The van der Waals surface area contributed by atoms with E-state index < -0.39 is 34.5 Å². The summed E-state index contributed by atoms with van der Waals surface area (Å²) in [5, 5.41) is 3.16. The Morgan fingerprint density at radius 2 is 1.64 bits per heavy atom. The number of hydrogen-bond donors (Lipinski definition) is 2. The molecule has 0 aliphatic carbocycles. The van der Waals surface area contributed by atoms with E-state index in [2.05, 4.69) is 10.0 Å². The Balaban J connectivity index is 1.72. The molecule has 3 aromatic carbocycles. The van der Waals surface area contributed by atoms with Crippen molar-refractivity contribution in [1.29, 1.82) is 0 Å². The van der Waals surface area contributed by atoms with Crippen LogP contribution >= 0.6 is 11.6 Å². The van der Waals surface area contributed by atoms with Crippen molar-refractivity contribution in [2.45, 2.75) is 24.8 Å². The van der Waals surface area contributed by atoms with Crippen molar-refractivity contribution < 1.29 is 22.7 Å². The average Bonchev–Trinajstić information content (AvgIpc) is 2.79. The number of sulfonamides is 1. The Morgan fingerprint density at radius 1 is 0.970 bits per heavy atom. The molecule has 0 aliphatic heterocycles. The molecular formula is C24H23ClN2O5S. The molecule has 0 aromatic heterocycles. The van der Waals surface area contributed by atoms with Crippen molar-refractivity contribution in [3.05, 3.63) is 94.5 Å². The molecule has 0 unspecified atom stereocenters. The zero-order valence-corrected chi connectivity index (χ0v) is 19.6. The minimum Gasteiger partial charge on any atom is -0.446 e. The predicted molar refractivity (Wildman–Crippen MR) is 126 cm³/mol. The standard InChI is InChI=1S/C24H23ClN2O5S/c1-16-8-12-20(13-9-16)33(30,31)26-15-22(28)32-23(18-6-4-3-5-7-18)24(29)27-19-11-10-17(2)21(25)14-19/h3-14,23,26H,15H2,1-2H3,(H,27,29)/t23-/m1/s1.